The van der Waals surface area contributed by atoms with Crippen molar-refractivity contribution in [3.63, 3.8) is 0 Å². The summed E-state index contributed by atoms with van der Waals surface area (Å²) in [5.41, 5.74) is 1.63. The molecular formula is C21H31BN2O5. The number of nitrogens with zero attached hydrogens (tertiary/aromatic N) is 1. The summed E-state index contributed by atoms with van der Waals surface area (Å²) in [6.07, 6.45) is 1.38. The van der Waals surface area contributed by atoms with Crippen molar-refractivity contribution in [2.45, 2.75) is 65.2 Å². The number of rotatable bonds is 7. The van der Waals surface area contributed by atoms with Crippen LogP contribution in [0.4, 0.5) is 4.79 Å². The van der Waals surface area contributed by atoms with E-state index in [1.54, 1.807) is 4.90 Å². The van der Waals surface area contributed by atoms with Gasteiger partial charge in [-0.15, -0.1) is 0 Å². The van der Waals surface area contributed by atoms with Gasteiger partial charge in [0.25, 0.3) is 5.91 Å². The second-order valence-electron chi connectivity index (χ2n) is 8.65. The molecule has 3 rings (SSSR count). The SMILES string of the molecule is CCCCOC(=O)NCCN1Cc2ccc(B3OC(C)(C)C(C)(C)O3)cc2C1=O. The third-order valence-corrected chi connectivity index (χ3v) is 5.92. The van der Waals surface area contributed by atoms with Crippen molar-refractivity contribution in [1.29, 1.82) is 0 Å². The molecule has 0 spiro atoms. The topological polar surface area (TPSA) is 77.1 Å². The number of nitrogens with one attached hydrogen (secondary N) is 1. The first-order valence-electron chi connectivity index (χ1n) is 10.3. The third-order valence-electron chi connectivity index (χ3n) is 5.92. The summed E-state index contributed by atoms with van der Waals surface area (Å²) in [7, 11) is -0.494. The second kappa shape index (κ2) is 8.36. The monoisotopic (exact) mass is 402 g/mol. The highest BCUT2D eigenvalue weighted by Gasteiger charge is 2.52. The van der Waals surface area contributed by atoms with Crippen LogP contribution in [0.3, 0.4) is 0 Å². The first-order valence-corrected chi connectivity index (χ1v) is 10.3. The van der Waals surface area contributed by atoms with E-state index in [1.807, 2.05) is 52.8 Å². The Morgan fingerprint density at radius 2 is 1.93 bits per heavy atom. The average molecular weight is 402 g/mol. The molecule has 1 aromatic rings. The van der Waals surface area contributed by atoms with Gasteiger partial charge in [0.05, 0.1) is 17.8 Å². The van der Waals surface area contributed by atoms with Crippen molar-refractivity contribution in [2.75, 3.05) is 19.7 Å². The normalized spacial score (nSPS) is 19.4. The van der Waals surface area contributed by atoms with Gasteiger partial charge in [-0.25, -0.2) is 4.79 Å². The van der Waals surface area contributed by atoms with Crippen LogP contribution in [0.25, 0.3) is 0 Å². The minimum atomic E-state index is -0.494. The summed E-state index contributed by atoms with van der Waals surface area (Å²) >= 11 is 0. The zero-order valence-electron chi connectivity index (χ0n) is 18.0. The summed E-state index contributed by atoms with van der Waals surface area (Å²) in [6.45, 7) is 11.8. The Morgan fingerprint density at radius 3 is 2.59 bits per heavy atom. The predicted molar refractivity (Wildman–Crippen MR) is 111 cm³/mol. The molecule has 0 bridgehead atoms. The van der Waals surface area contributed by atoms with Crippen LogP contribution in [0.1, 0.15) is 63.4 Å². The maximum atomic E-state index is 12.8. The number of hydrogen-bond donors (Lipinski definition) is 1. The molecule has 1 aromatic carbocycles. The Morgan fingerprint density at radius 1 is 1.24 bits per heavy atom. The maximum absolute atomic E-state index is 12.8. The average Bonchev–Trinajstić information content (AvgIpc) is 3.07. The van der Waals surface area contributed by atoms with Gasteiger partial charge in [0.2, 0.25) is 0 Å². The van der Waals surface area contributed by atoms with E-state index in [4.69, 9.17) is 14.0 Å². The molecule has 2 aliphatic heterocycles. The fourth-order valence-corrected chi connectivity index (χ4v) is 3.34. The molecule has 0 aliphatic carbocycles. The van der Waals surface area contributed by atoms with Gasteiger partial charge in [0.15, 0.2) is 0 Å². The molecule has 1 fully saturated rings. The smallest absolute Gasteiger partial charge is 0.450 e. The summed E-state index contributed by atoms with van der Waals surface area (Å²) < 4.78 is 17.3. The predicted octanol–water partition coefficient (Wildman–Crippen LogP) is 2.47. The van der Waals surface area contributed by atoms with Crippen molar-refractivity contribution in [1.82, 2.24) is 10.2 Å². The fourth-order valence-electron chi connectivity index (χ4n) is 3.34. The molecule has 0 radical (unpaired) electrons. The number of ether oxygens (including phenoxy) is 1. The van der Waals surface area contributed by atoms with Crippen molar-refractivity contribution in [3.8, 4) is 0 Å². The summed E-state index contributed by atoms with van der Waals surface area (Å²) in [5.74, 6) is -0.0421. The molecule has 0 unspecified atom stereocenters. The summed E-state index contributed by atoms with van der Waals surface area (Å²) in [4.78, 5) is 26.2. The molecule has 2 amide bonds. The third kappa shape index (κ3) is 4.59. The van der Waals surface area contributed by atoms with Crippen LogP contribution in [0.5, 0.6) is 0 Å². The number of benzene rings is 1. The van der Waals surface area contributed by atoms with Crippen LogP contribution in [0.2, 0.25) is 0 Å². The number of hydrogen-bond acceptors (Lipinski definition) is 5. The number of fused-ring (bicyclic) bond motifs is 1. The van der Waals surface area contributed by atoms with Gasteiger partial charge >= 0.3 is 13.2 Å². The minimum Gasteiger partial charge on any atom is -0.450 e. The standard InChI is InChI=1S/C21H31BN2O5/c1-6-7-12-27-19(26)23-10-11-24-14-15-8-9-16(13-17(15)18(24)25)22-28-20(2,3)21(4,5)29-22/h8-9,13H,6-7,10-12,14H2,1-5H3,(H,23,26). The highest BCUT2D eigenvalue weighted by atomic mass is 16.7. The molecule has 7 nitrogen and oxygen atoms in total. The van der Waals surface area contributed by atoms with Gasteiger partial charge in [-0.1, -0.05) is 25.5 Å². The Balaban J connectivity index is 1.57. The molecular weight excluding hydrogens is 371 g/mol. The van der Waals surface area contributed by atoms with Crippen LogP contribution in [-0.4, -0.2) is 54.9 Å². The lowest BCUT2D eigenvalue weighted by atomic mass is 9.78. The van der Waals surface area contributed by atoms with Crippen molar-refractivity contribution in [3.05, 3.63) is 29.3 Å². The Hall–Kier alpha value is -2.06. The molecule has 0 saturated carbocycles. The zero-order valence-corrected chi connectivity index (χ0v) is 18.0. The van der Waals surface area contributed by atoms with Crippen molar-refractivity contribution >= 4 is 24.6 Å². The highest BCUT2D eigenvalue weighted by Crippen LogP contribution is 2.36. The highest BCUT2D eigenvalue weighted by molar-refractivity contribution is 6.62. The summed E-state index contributed by atoms with van der Waals surface area (Å²) in [5, 5.41) is 2.69. The van der Waals surface area contributed by atoms with Gasteiger partial charge in [0.1, 0.15) is 0 Å². The Labute approximate surface area is 173 Å². The van der Waals surface area contributed by atoms with Gasteiger partial charge in [-0.2, -0.15) is 0 Å². The summed E-state index contributed by atoms with van der Waals surface area (Å²) in [6, 6.07) is 5.79. The van der Waals surface area contributed by atoms with E-state index in [2.05, 4.69) is 5.32 Å². The van der Waals surface area contributed by atoms with E-state index in [1.165, 1.54) is 0 Å². The Bertz CT molecular complexity index is 764. The minimum absolute atomic E-state index is 0.0421. The molecule has 29 heavy (non-hydrogen) atoms. The van der Waals surface area contributed by atoms with Gasteiger partial charge in [-0.3, -0.25) is 4.79 Å². The van der Waals surface area contributed by atoms with Gasteiger partial charge in [-0.05, 0) is 51.2 Å². The van der Waals surface area contributed by atoms with E-state index in [0.29, 0.717) is 31.8 Å². The quantitative estimate of drug-likeness (QED) is 0.560. The first kappa shape index (κ1) is 21.6. The second-order valence-corrected chi connectivity index (χ2v) is 8.65. The van der Waals surface area contributed by atoms with Crippen molar-refractivity contribution < 1.29 is 23.6 Å². The van der Waals surface area contributed by atoms with Crippen LogP contribution in [0, 0.1) is 0 Å². The number of carbonyl (C=O) groups excluding carboxylic acids is 2. The largest absolute Gasteiger partial charge is 0.494 e. The van der Waals surface area contributed by atoms with E-state index in [0.717, 1.165) is 23.9 Å². The zero-order chi connectivity index (χ0) is 21.2. The first-order chi connectivity index (χ1) is 13.6. The lowest BCUT2D eigenvalue weighted by molar-refractivity contribution is 0.00578. The van der Waals surface area contributed by atoms with Crippen LogP contribution in [0.15, 0.2) is 18.2 Å². The molecule has 0 atom stereocenters. The number of unbranched alkanes of at least 4 members (excludes halogenated alkanes) is 1. The lowest BCUT2D eigenvalue weighted by Crippen LogP contribution is -2.41. The number of amides is 2. The molecule has 1 saturated heterocycles. The molecule has 0 aromatic heterocycles. The number of carbonyl (C=O) groups is 2. The van der Waals surface area contributed by atoms with Crippen LogP contribution >= 0.6 is 0 Å². The molecule has 2 aliphatic rings. The number of alkyl carbamates (subject to hydrolysis) is 1. The molecule has 2 heterocycles. The van der Waals surface area contributed by atoms with E-state index in [9.17, 15) is 9.59 Å². The maximum Gasteiger partial charge on any atom is 0.494 e. The Kier molecular flexibility index (Phi) is 6.24. The lowest BCUT2D eigenvalue weighted by Gasteiger charge is -2.32. The fraction of sp³-hybridized carbons (Fsp3) is 0.619. The van der Waals surface area contributed by atoms with E-state index in [-0.39, 0.29) is 5.91 Å². The van der Waals surface area contributed by atoms with E-state index >= 15 is 0 Å². The molecule has 8 heteroatoms. The van der Waals surface area contributed by atoms with Crippen LogP contribution in [-0.2, 0) is 20.6 Å². The van der Waals surface area contributed by atoms with Crippen molar-refractivity contribution in [2.24, 2.45) is 0 Å². The molecule has 158 valence electrons. The van der Waals surface area contributed by atoms with E-state index < -0.39 is 24.4 Å². The molecule has 1 N–H and O–H groups in total. The van der Waals surface area contributed by atoms with Crippen LogP contribution < -0.4 is 10.8 Å². The van der Waals surface area contributed by atoms with Gasteiger partial charge < -0.3 is 24.3 Å². The van der Waals surface area contributed by atoms with Gasteiger partial charge in [0, 0.05) is 25.2 Å².